The Balaban J connectivity index is 1.77. The number of benzene rings is 2. The summed E-state index contributed by atoms with van der Waals surface area (Å²) >= 11 is 1.67. The third kappa shape index (κ3) is 11.7. The fraction of sp³-hybridized carbons (Fsp3) is 0.574. The van der Waals surface area contributed by atoms with Crippen LogP contribution in [0.1, 0.15) is 83.6 Å². The van der Waals surface area contributed by atoms with E-state index in [1.807, 2.05) is 63.4 Å². The van der Waals surface area contributed by atoms with E-state index in [1.54, 1.807) is 28.8 Å². The van der Waals surface area contributed by atoms with Gasteiger partial charge in [-0.15, -0.1) is 24.9 Å². The summed E-state index contributed by atoms with van der Waals surface area (Å²) in [6.07, 6.45) is 12.4. The SMILES string of the molecule is C=CCCOC(=O)N(CCOCCO)C1CC(=NOC(C)(C)C)C2=CC(CCCCO)C(CCCCO)C3c4cc(Oc5ccc(SC)cc5)ccc4OC1(OCC=C)C23. The highest BCUT2D eigenvalue weighted by Gasteiger charge is 2.65. The molecule has 2 aliphatic carbocycles. The number of allylic oxidation sites excluding steroid dienone is 1. The number of fused-ring (bicyclic) bond motifs is 2. The number of rotatable bonds is 24. The molecule has 3 aliphatic rings. The van der Waals surface area contributed by atoms with E-state index in [1.165, 1.54) is 0 Å². The molecule has 2 aromatic carbocycles. The molecule has 6 atom stereocenters. The summed E-state index contributed by atoms with van der Waals surface area (Å²) in [5, 5.41) is 34.3. The van der Waals surface area contributed by atoms with Gasteiger partial charge >= 0.3 is 6.09 Å². The van der Waals surface area contributed by atoms with Crippen LogP contribution in [-0.4, -0.2) is 109 Å². The topological polar surface area (TPSA) is 149 Å². The van der Waals surface area contributed by atoms with Crippen molar-refractivity contribution in [1.82, 2.24) is 4.90 Å². The molecule has 1 saturated carbocycles. The van der Waals surface area contributed by atoms with E-state index in [4.69, 9.17) is 33.7 Å². The minimum absolute atomic E-state index is 0.0406. The lowest BCUT2D eigenvalue weighted by Crippen LogP contribution is -2.70. The predicted molar refractivity (Wildman–Crippen MR) is 235 cm³/mol. The lowest BCUT2D eigenvalue weighted by molar-refractivity contribution is -0.256. The van der Waals surface area contributed by atoms with Gasteiger partial charge in [0.05, 0.1) is 44.7 Å². The highest BCUT2D eigenvalue weighted by molar-refractivity contribution is 7.98. The minimum atomic E-state index is -1.46. The smallest absolute Gasteiger partial charge is 0.410 e. The lowest BCUT2D eigenvalue weighted by Gasteiger charge is -2.59. The Kier molecular flexibility index (Phi) is 18.0. The molecule has 6 unspecified atom stereocenters. The first-order valence-electron chi connectivity index (χ1n) is 21.4. The zero-order valence-corrected chi connectivity index (χ0v) is 36.7. The van der Waals surface area contributed by atoms with Crippen molar-refractivity contribution in [3.05, 3.63) is 85.0 Å². The van der Waals surface area contributed by atoms with Gasteiger partial charge in [0.15, 0.2) is 0 Å². The second-order valence-electron chi connectivity index (χ2n) is 16.5. The summed E-state index contributed by atoms with van der Waals surface area (Å²) in [5.74, 6) is -0.112. The first-order valence-corrected chi connectivity index (χ1v) is 22.6. The summed E-state index contributed by atoms with van der Waals surface area (Å²) < 4.78 is 32.5. The molecule has 1 fully saturated rings. The Hall–Kier alpha value is -3.85. The minimum Gasteiger partial charge on any atom is -0.459 e. The van der Waals surface area contributed by atoms with Gasteiger partial charge in [0, 0.05) is 42.6 Å². The maximum atomic E-state index is 14.4. The fourth-order valence-electron chi connectivity index (χ4n) is 8.70. The summed E-state index contributed by atoms with van der Waals surface area (Å²) in [6, 6.07) is 13.1. The number of aliphatic hydroxyl groups is 3. The van der Waals surface area contributed by atoms with E-state index in [0.29, 0.717) is 42.2 Å². The van der Waals surface area contributed by atoms with Gasteiger partial charge in [-0.3, -0.25) is 4.90 Å². The van der Waals surface area contributed by atoms with Gasteiger partial charge in [-0.05, 0) is 119 Å². The standard InChI is InChI=1S/C47H66N2O10S/c1-7-9-27-55-45(53)49(22-28-54-29-25-52)42-32-40(48-59-46(3,4)5)38-30-33(14-10-12-23-50)37(15-11-13-24-51)43-39-31-35(57-34-16-19-36(60-6)20-17-34)18-21-41(39)58-47(42,44(38)43)56-26-8-2/h7-8,16-21,30-31,33,37,42-44,50-52H,1-2,9-15,22-29,32H2,3-6H3. The first-order chi connectivity index (χ1) is 29.0. The van der Waals surface area contributed by atoms with Gasteiger partial charge in [-0.1, -0.05) is 36.2 Å². The van der Waals surface area contributed by atoms with E-state index < -0.39 is 29.4 Å². The van der Waals surface area contributed by atoms with Crippen LogP contribution in [0.25, 0.3) is 0 Å². The molecule has 0 aromatic heterocycles. The highest BCUT2D eigenvalue weighted by Crippen LogP contribution is 2.62. The van der Waals surface area contributed by atoms with Crippen LogP contribution < -0.4 is 9.47 Å². The molecule has 2 aromatic rings. The molecule has 0 saturated heterocycles. The van der Waals surface area contributed by atoms with Crippen molar-refractivity contribution in [3.8, 4) is 17.2 Å². The number of nitrogens with zero attached hydrogens (tertiary/aromatic N) is 2. The number of thioether (sulfide) groups is 1. The largest absolute Gasteiger partial charge is 0.459 e. The number of ether oxygens (including phenoxy) is 5. The molecule has 1 aliphatic heterocycles. The van der Waals surface area contributed by atoms with Crippen LogP contribution in [-0.2, 0) is 19.0 Å². The molecule has 5 rings (SSSR count). The van der Waals surface area contributed by atoms with E-state index in [-0.39, 0.29) is 77.0 Å². The normalized spacial score (nSPS) is 23.8. The molecule has 0 bridgehead atoms. The Morgan fingerprint density at radius 3 is 2.37 bits per heavy atom. The summed E-state index contributed by atoms with van der Waals surface area (Å²) in [4.78, 5) is 23.3. The van der Waals surface area contributed by atoms with Crippen LogP contribution >= 0.6 is 11.8 Å². The number of unbranched alkanes of at least 4 members (excludes halogenated alkanes) is 2. The van der Waals surface area contributed by atoms with Crippen molar-refractivity contribution >= 4 is 23.6 Å². The Bertz CT molecular complexity index is 1760. The van der Waals surface area contributed by atoms with E-state index in [9.17, 15) is 20.1 Å². The van der Waals surface area contributed by atoms with Crippen LogP contribution in [0.3, 0.4) is 0 Å². The van der Waals surface area contributed by atoms with Gasteiger partial charge in [-0.25, -0.2) is 4.79 Å². The van der Waals surface area contributed by atoms with Crippen molar-refractivity contribution in [2.45, 2.75) is 100 Å². The van der Waals surface area contributed by atoms with E-state index in [2.05, 4.69) is 25.3 Å². The molecule has 0 radical (unpaired) electrons. The number of hydrogen-bond acceptors (Lipinski definition) is 12. The quantitative estimate of drug-likeness (QED) is 0.0403. The summed E-state index contributed by atoms with van der Waals surface area (Å²) in [5.41, 5.74) is 1.94. The van der Waals surface area contributed by atoms with Gasteiger partial charge in [0.25, 0.3) is 0 Å². The molecule has 13 heteroatoms. The Morgan fingerprint density at radius 2 is 1.70 bits per heavy atom. The second kappa shape index (κ2) is 22.8. The fourth-order valence-corrected chi connectivity index (χ4v) is 9.11. The van der Waals surface area contributed by atoms with Crippen molar-refractivity contribution in [2.24, 2.45) is 22.9 Å². The summed E-state index contributed by atoms with van der Waals surface area (Å²) in [6.45, 7) is 14.3. The third-order valence-electron chi connectivity index (χ3n) is 11.2. The highest BCUT2D eigenvalue weighted by atomic mass is 32.2. The van der Waals surface area contributed by atoms with Crippen molar-refractivity contribution in [3.63, 3.8) is 0 Å². The molecule has 330 valence electrons. The molecule has 60 heavy (non-hydrogen) atoms. The molecule has 1 heterocycles. The molecular weight excluding hydrogens is 785 g/mol. The Labute approximate surface area is 360 Å². The molecular formula is C47H66N2O10S. The van der Waals surface area contributed by atoms with E-state index >= 15 is 0 Å². The van der Waals surface area contributed by atoms with Crippen LogP contribution in [0.15, 0.2) is 89.5 Å². The average molecular weight is 851 g/mol. The maximum Gasteiger partial charge on any atom is 0.410 e. The van der Waals surface area contributed by atoms with Crippen LogP contribution in [0, 0.1) is 17.8 Å². The second-order valence-corrected chi connectivity index (χ2v) is 17.4. The number of hydrogen-bond donors (Lipinski definition) is 3. The number of aliphatic hydroxyl groups excluding tert-OH is 3. The molecule has 1 amide bonds. The van der Waals surface area contributed by atoms with Gasteiger partial charge in [0.2, 0.25) is 5.79 Å². The number of carbonyl (C=O) groups is 1. The third-order valence-corrected chi connectivity index (χ3v) is 12.0. The number of carbonyl (C=O) groups excluding carboxylic acids is 1. The average Bonchev–Trinajstić information content (AvgIpc) is 3.23. The monoisotopic (exact) mass is 850 g/mol. The Morgan fingerprint density at radius 1 is 0.967 bits per heavy atom. The molecule has 12 nitrogen and oxygen atoms in total. The number of oxime groups is 1. The van der Waals surface area contributed by atoms with Crippen LogP contribution in [0.4, 0.5) is 4.79 Å². The van der Waals surface area contributed by atoms with Crippen molar-refractivity contribution < 1.29 is 48.6 Å². The van der Waals surface area contributed by atoms with Gasteiger partial charge in [-0.2, -0.15) is 0 Å². The number of amides is 1. The van der Waals surface area contributed by atoms with Gasteiger partial charge < -0.3 is 43.8 Å². The van der Waals surface area contributed by atoms with E-state index in [0.717, 1.165) is 41.7 Å². The van der Waals surface area contributed by atoms with Crippen molar-refractivity contribution in [1.29, 1.82) is 0 Å². The molecule has 0 spiro atoms. The van der Waals surface area contributed by atoms with Gasteiger partial charge in [0.1, 0.15) is 28.9 Å². The predicted octanol–water partition coefficient (Wildman–Crippen LogP) is 8.66. The van der Waals surface area contributed by atoms with Crippen LogP contribution in [0.5, 0.6) is 17.2 Å². The first kappa shape index (κ1) is 47.2. The summed E-state index contributed by atoms with van der Waals surface area (Å²) in [7, 11) is 0. The maximum absolute atomic E-state index is 14.4. The molecule has 3 N–H and O–H groups in total. The van der Waals surface area contributed by atoms with Crippen molar-refractivity contribution in [2.75, 3.05) is 59.0 Å². The zero-order valence-electron chi connectivity index (χ0n) is 35.9. The lowest BCUT2D eigenvalue weighted by atomic mass is 9.55. The zero-order chi connectivity index (χ0) is 43.1. The van der Waals surface area contributed by atoms with Crippen LogP contribution in [0.2, 0.25) is 0 Å².